The number of amides is 4. The van der Waals surface area contributed by atoms with Crippen molar-refractivity contribution < 1.29 is 33.4 Å². The molecule has 16 nitrogen and oxygen atoms in total. The highest BCUT2D eigenvalue weighted by Gasteiger charge is 2.40. The Morgan fingerprint density at radius 3 is 2.41 bits per heavy atom. The van der Waals surface area contributed by atoms with Gasteiger partial charge in [0.1, 0.15) is 17.9 Å². The molecular weight excluding hydrogens is 815 g/mol. The van der Waals surface area contributed by atoms with E-state index in [-0.39, 0.29) is 35.7 Å². The summed E-state index contributed by atoms with van der Waals surface area (Å²) >= 11 is 0. The molecule has 3 saturated heterocycles. The topological polar surface area (TPSA) is 206 Å². The number of nitrogens with two attached hydrogens (primary N) is 1. The van der Waals surface area contributed by atoms with Gasteiger partial charge in [0.15, 0.2) is 0 Å². The number of ether oxygens (including phenoxy) is 3. The number of carbonyl (C=O) groups excluding carboxylic acids is 4. The SMILES string of the molecule is COC(=O)NC(C(=O)N1CCC[C@H]1c1nc2c([nH]1)CCCc1cc(-c3ccc4cc(/C(=C/N)NC[C@@H]5CCCN5C(=O)[C@@H](NC(=O)OC)C5CCOCC5)ccc4n3)ccc1-2)C(C)C. The number of alkyl carbamates (subject to hydrolysis) is 2. The van der Waals surface area contributed by atoms with Crippen molar-refractivity contribution in [1.29, 1.82) is 0 Å². The van der Waals surface area contributed by atoms with Crippen LogP contribution in [-0.4, -0.2) is 114 Å². The van der Waals surface area contributed by atoms with E-state index in [0.29, 0.717) is 45.7 Å². The van der Waals surface area contributed by atoms with Crippen molar-refractivity contribution in [2.24, 2.45) is 17.6 Å². The lowest BCUT2D eigenvalue weighted by Crippen LogP contribution is -2.55. The first kappa shape index (κ1) is 44.4. The predicted molar refractivity (Wildman–Crippen MR) is 242 cm³/mol. The maximum Gasteiger partial charge on any atom is 0.407 e. The van der Waals surface area contributed by atoms with Crippen molar-refractivity contribution in [3.63, 3.8) is 0 Å². The number of hydrogen-bond acceptors (Lipinski definition) is 11. The highest BCUT2D eigenvalue weighted by atomic mass is 16.5. The van der Waals surface area contributed by atoms with Crippen LogP contribution in [0.1, 0.15) is 87.5 Å². The Bertz CT molecular complexity index is 2390. The Balaban J connectivity index is 0.951. The Hall–Kier alpha value is -6.16. The summed E-state index contributed by atoms with van der Waals surface area (Å²) in [6.45, 7) is 6.69. The highest BCUT2D eigenvalue weighted by Crippen LogP contribution is 2.38. The molecule has 340 valence electrons. The number of nitrogens with zero attached hydrogens (tertiary/aromatic N) is 4. The number of fused-ring (bicyclic) bond motifs is 4. The maximum absolute atomic E-state index is 14.0. The molecule has 1 unspecified atom stereocenters. The van der Waals surface area contributed by atoms with Crippen LogP contribution in [-0.2, 0) is 36.6 Å². The number of H-pyrrole nitrogens is 1. The van der Waals surface area contributed by atoms with E-state index in [0.717, 1.165) is 101 Å². The Morgan fingerprint density at radius 1 is 0.875 bits per heavy atom. The molecule has 0 saturated carbocycles. The van der Waals surface area contributed by atoms with Gasteiger partial charge in [-0.15, -0.1) is 0 Å². The molecule has 4 aliphatic rings. The number of methoxy groups -OCH3 is 2. The first-order valence-corrected chi connectivity index (χ1v) is 22.7. The minimum Gasteiger partial charge on any atom is -0.453 e. The number of carbonyl (C=O) groups is 4. The molecule has 3 fully saturated rings. The number of likely N-dealkylation sites (tertiary alicyclic amines) is 2. The zero-order valence-corrected chi connectivity index (χ0v) is 37.3. The molecule has 0 bridgehead atoms. The lowest BCUT2D eigenvalue weighted by molar-refractivity contribution is -0.136. The Kier molecular flexibility index (Phi) is 13.7. The normalized spacial score (nSPS) is 20.0. The first-order valence-electron chi connectivity index (χ1n) is 22.7. The van der Waals surface area contributed by atoms with Gasteiger partial charge in [-0.3, -0.25) is 9.59 Å². The zero-order chi connectivity index (χ0) is 44.9. The van der Waals surface area contributed by atoms with Gasteiger partial charge in [-0.1, -0.05) is 38.1 Å². The van der Waals surface area contributed by atoms with E-state index in [1.165, 1.54) is 19.8 Å². The third-order valence-electron chi connectivity index (χ3n) is 13.4. The molecule has 6 N–H and O–H groups in total. The number of benzene rings is 2. The van der Waals surface area contributed by atoms with Crippen molar-refractivity contribution >= 4 is 40.6 Å². The van der Waals surface area contributed by atoms with Crippen LogP contribution in [0.15, 0.2) is 54.7 Å². The number of imidazole rings is 1. The van der Waals surface area contributed by atoms with E-state index in [2.05, 4.69) is 51.3 Å². The molecule has 0 spiro atoms. The third-order valence-corrected chi connectivity index (χ3v) is 13.4. The number of nitrogens with one attached hydrogen (secondary N) is 4. The summed E-state index contributed by atoms with van der Waals surface area (Å²) < 4.78 is 15.2. The van der Waals surface area contributed by atoms with Crippen LogP contribution in [0.4, 0.5) is 9.59 Å². The second kappa shape index (κ2) is 19.7. The van der Waals surface area contributed by atoms with E-state index in [4.69, 9.17) is 29.9 Å². The summed E-state index contributed by atoms with van der Waals surface area (Å²) in [6, 6.07) is 15.1. The quantitative estimate of drug-likeness (QED) is 0.115. The van der Waals surface area contributed by atoms with E-state index in [9.17, 15) is 19.2 Å². The highest BCUT2D eigenvalue weighted by molar-refractivity contribution is 5.88. The first-order chi connectivity index (χ1) is 31.1. The van der Waals surface area contributed by atoms with Gasteiger partial charge < -0.3 is 50.7 Å². The summed E-state index contributed by atoms with van der Waals surface area (Å²) in [5, 5.41) is 10.0. The molecule has 4 atom stereocenters. The number of hydrogen-bond donors (Lipinski definition) is 5. The lowest BCUT2D eigenvalue weighted by atomic mass is 9.90. The molecule has 5 heterocycles. The van der Waals surface area contributed by atoms with Crippen molar-refractivity contribution in [2.45, 2.75) is 95.8 Å². The van der Waals surface area contributed by atoms with Gasteiger partial charge in [0.05, 0.1) is 42.9 Å². The molecule has 64 heavy (non-hydrogen) atoms. The van der Waals surface area contributed by atoms with Gasteiger partial charge in [0, 0.05) is 67.3 Å². The van der Waals surface area contributed by atoms with Gasteiger partial charge in [0.25, 0.3) is 0 Å². The van der Waals surface area contributed by atoms with Crippen LogP contribution in [0.2, 0.25) is 0 Å². The zero-order valence-electron chi connectivity index (χ0n) is 37.3. The molecule has 1 aliphatic carbocycles. The number of rotatable bonds is 12. The summed E-state index contributed by atoms with van der Waals surface area (Å²) in [4.78, 5) is 69.7. The van der Waals surface area contributed by atoms with E-state index < -0.39 is 24.3 Å². The molecule has 3 aliphatic heterocycles. The van der Waals surface area contributed by atoms with Crippen LogP contribution in [0.5, 0.6) is 0 Å². The van der Waals surface area contributed by atoms with Crippen molar-refractivity contribution in [3.8, 4) is 22.5 Å². The second-order valence-corrected chi connectivity index (χ2v) is 17.7. The smallest absolute Gasteiger partial charge is 0.407 e. The second-order valence-electron chi connectivity index (χ2n) is 17.7. The Labute approximate surface area is 374 Å². The fourth-order valence-electron chi connectivity index (χ4n) is 9.90. The molecule has 2 aromatic carbocycles. The van der Waals surface area contributed by atoms with Crippen molar-refractivity contribution in [1.82, 2.24) is 40.7 Å². The largest absolute Gasteiger partial charge is 0.453 e. The Morgan fingerprint density at radius 2 is 1.64 bits per heavy atom. The van der Waals surface area contributed by atoms with E-state index in [1.807, 2.05) is 41.8 Å². The minimum atomic E-state index is -0.692. The van der Waals surface area contributed by atoms with Crippen LogP contribution in [0.3, 0.4) is 0 Å². The van der Waals surface area contributed by atoms with Crippen LogP contribution in [0.25, 0.3) is 39.1 Å². The number of pyridine rings is 1. The molecule has 8 rings (SSSR count). The number of aromatic amines is 1. The van der Waals surface area contributed by atoms with Crippen molar-refractivity contribution in [2.75, 3.05) is 47.1 Å². The van der Waals surface area contributed by atoms with Gasteiger partial charge in [0.2, 0.25) is 11.8 Å². The predicted octanol–water partition coefficient (Wildman–Crippen LogP) is 5.81. The van der Waals surface area contributed by atoms with Crippen LogP contribution >= 0.6 is 0 Å². The standard InChI is InChI=1S/C48H61N9O7/c1-28(2)41(54-47(60)62-3)45(58)57-21-7-11-40(57)44-52-38-10-5-8-30-24-31(12-15-35(30)43(38)53-44)36-16-13-32-25-33(14-17-37(32)51-36)39(26-49)50-27-34-9-6-20-56(34)46(59)42(55-48(61)63-4)29-18-22-64-23-19-29/h12-17,24-26,28-29,34,40-42,50H,5-11,18-23,27,49H2,1-4H3,(H,52,53)(H,54,60)(H,55,61)/b39-26-/t34-,40-,41?,42-/m0/s1. The average molecular weight is 876 g/mol. The van der Waals surface area contributed by atoms with Gasteiger partial charge in [-0.05, 0) is 105 Å². The van der Waals surface area contributed by atoms with Crippen LogP contribution < -0.4 is 21.7 Å². The van der Waals surface area contributed by atoms with E-state index in [1.54, 1.807) is 6.20 Å². The van der Waals surface area contributed by atoms with Gasteiger partial charge in [-0.2, -0.15) is 0 Å². The molecule has 0 radical (unpaired) electrons. The summed E-state index contributed by atoms with van der Waals surface area (Å²) in [5.41, 5.74) is 14.9. The third kappa shape index (κ3) is 9.37. The fraction of sp³-hybridized carbons (Fsp3) is 0.500. The monoisotopic (exact) mass is 875 g/mol. The van der Waals surface area contributed by atoms with Gasteiger partial charge >= 0.3 is 12.2 Å². The molecule has 2 aromatic heterocycles. The number of aromatic nitrogens is 3. The lowest BCUT2D eigenvalue weighted by Gasteiger charge is -2.34. The summed E-state index contributed by atoms with van der Waals surface area (Å²) in [5.74, 6) is 0.444. The van der Waals surface area contributed by atoms with Crippen LogP contribution in [0, 0.1) is 11.8 Å². The maximum atomic E-state index is 14.0. The molecule has 4 amide bonds. The minimum absolute atomic E-state index is 0.0188. The molecule has 16 heteroatoms. The number of aryl methyl sites for hydroxylation is 2. The average Bonchev–Trinajstić information content (AvgIpc) is 4.08. The molecular formula is C48H61N9O7. The van der Waals surface area contributed by atoms with E-state index >= 15 is 0 Å². The van der Waals surface area contributed by atoms with Crippen molar-refractivity contribution in [3.05, 3.63) is 77.4 Å². The van der Waals surface area contributed by atoms with Gasteiger partial charge in [-0.25, -0.2) is 19.6 Å². The molecule has 4 aromatic rings. The summed E-state index contributed by atoms with van der Waals surface area (Å²) in [6.07, 6.45) is 7.79. The fourth-order valence-corrected chi connectivity index (χ4v) is 9.90. The summed E-state index contributed by atoms with van der Waals surface area (Å²) in [7, 11) is 2.61.